The van der Waals surface area contributed by atoms with E-state index >= 15 is 0 Å². The highest BCUT2D eigenvalue weighted by Gasteiger charge is 2.14. The third kappa shape index (κ3) is 2.44. The molecule has 1 fully saturated rings. The molecule has 0 saturated carbocycles. The minimum Gasteiger partial charge on any atom is -0.305 e. The molecule has 0 radical (unpaired) electrons. The number of nitrogens with one attached hydrogen (secondary N) is 1. The Kier molecular flexibility index (Phi) is 3.29. The lowest BCUT2D eigenvalue weighted by Crippen LogP contribution is -2.32. The van der Waals surface area contributed by atoms with Crippen molar-refractivity contribution in [3.63, 3.8) is 0 Å². The van der Waals surface area contributed by atoms with Crippen LogP contribution in [-0.2, 0) is 4.79 Å². The lowest BCUT2D eigenvalue weighted by Gasteiger charge is -2.14. The molecule has 16 heavy (non-hydrogen) atoms. The van der Waals surface area contributed by atoms with Crippen LogP contribution in [0.3, 0.4) is 0 Å². The largest absolute Gasteiger partial charge is 0.305 e. The molecule has 4 heteroatoms. The lowest BCUT2D eigenvalue weighted by molar-refractivity contribution is -0.119. The highest BCUT2D eigenvalue weighted by atomic mass is 32.2. The van der Waals surface area contributed by atoms with E-state index in [4.69, 9.17) is 0 Å². The Hall–Kier alpha value is -1.29. The van der Waals surface area contributed by atoms with Crippen molar-refractivity contribution < 1.29 is 4.79 Å². The first-order valence-electron chi connectivity index (χ1n) is 5.24. The Morgan fingerprint density at radius 1 is 1.31 bits per heavy atom. The van der Waals surface area contributed by atoms with Gasteiger partial charge in [0.25, 0.3) is 0 Å². The molecule has 0 aromatic heterocycles. The molecule has 2 rings (SSSR count). The molecule has 1 heterocycles. The van der Waals surface area contributed by atoms with Gasteiger partial charge in [-0.05, 0) is 25.0 Å². The Labute approximate surface area is 99.3 Å². The Balaban J connectivity index is 2.31. The maximum Gasteiger partial charge on any atom is 0.226 e. The predicted octanol–water partition coefficient (Wildman–Crippen LogP) is 2.54. The van der Waals surface area contributed by atoms with E-state index in [-0.39, 0.29) is 5.91 Å². The summed E-state index contributed by atoms with van der Waals surface area (Å²) in [4.78, 5) is 15.7. The van der Waals surface area contributed by atoms with E-state index in [0.717, 1.165) is 22.6 Å². The van der Waals surface area contributed by atoms with Gasteiger partial charge in [0.1, 0.15) is 0 Å². The smallest absolute Gasteiger partial charge is 0.226 e. The molecule has 3 nitrogen and oxygen atoms in total. The highest BCUT2D eigenvalue weighted by molar-refractivity contribution is 8.14. The number of aliphatic imine (C=N–C) groups is 1. The number of hydrogen-bond acceptors (Lipinski definition) is 3. The third-order valence-electron chi connectivity index (χ3n) is 2.47. The van der Waals surface area contributed by atoms with E-state index in [1.165, 1.54) is 0 Å². The SMILES string of the molecule is Cc1cccc(C)c1N=C1NC(=O)CCS1. The fourth-order valence-corrected chi connectivity index (χ4v) is 2.42. The molecule has 1 aromatic carbocycles. The van der Waals surface area contributed by atoms with E-state index in [1.807, 2.05) is 32.0 Å². The van der Waals surface area contributed by atoms with Crippen LogP contribution in [0.15, 0.2) is 23.2 Å². The maximum atomic E-state index is 11.2. The van der Waals surface area contributed by atoms with Crippen LogP contribution in [0.2, 0.25) is 0 Å². The van der Waals surface area contributed by atoms with Crippen LogP contribution in [-0.4, -0.2) is 16.8 Å². The average molecular weight is 234 g/mol. The average Bonchev–Trinajstić information content (AvgIpc) is 2.24. The Morgan fingerprint density at radius 3 is 2.62 bits per heavy atom. The monoisotopic (exact) mass is 234 g/mol. The molecule has 0 aliphatic carbocycles. The summed E-state index contributed by atoms with van der Waals surface area (Å²) in [6.07, 6.45) is 0.580. The molecular formula is C12H14N2OS. The zero-order chi connectivity index (χ0) is 11.5. The molecule has 0 bridgehead atoms. The standard InChI is InChI=1S/C12H14N2OS/c1-8-4-3-5-9(2)11(8)14-12-13-10(15)6-7-16-12/h3-5H,6-7H2,1-2H3,(H,13,14,15). The first-order valence-corrected chi connectivity index (χ1v) is 6.23. The van der Waals surface area contributed by atoms with Crippen molar-refractivity contribution >= 4 is 28.5 Å². The van der Waals surface area contributed by atoms with Gasteiger partial charge in [-0.15, -0.1) is 0 Å². The summed E-state index contributed by atoms with van der Waals surface area (Å²) in [6.45, 7) is 4.06. The van der Waals surface area contributed by atoms with Gasteiger partial charge in [-0.1, -0.05) is 30.0 Å². The summed E-state index contributed by atoms with van der Waals surface area (Å²) in [6, 6.07) is 6.07. The Bertz CT molecular complexity index is 434. The predicted molar refractivity (Wildman–Crippen MR) is 68.2 cm³/mol. The van der Waals surface area contributed by atoms with Gasteiger partial charge in [0, 0.05) is 12.2 Å². The minimum absolute atomic E-state index is 0.0590. The van der Waals surface area contributed by atoms with Crippen LogP contribution in [0.4, 0.5) is 5.69 Å². The third-order valence-corrected chi connectivity index (χ3v) is 3.34. The highest BCUT2D eigenvalue weighted by Crippen LogP contribution is 2.25. The Morgan fingerprint density at radius 2 is 2.00 bits per heavy atom. The van der Waals surface area contributed by atoms with Crippen molar-refractivity contribution in [2.75, 3.05) is 5.75 Å². The molecule has 1 N–H and O–H groups in total. The van der Waals surface area contributed by atoms with Gasteiger partial charge >= 0.3 is 0 Å². The summed E-state index contributed by atoms with van der Waals surface area (Å²) in [5.41, 5.74) is 3.23. The number of carbonyl (C=O) groups is 1. The second-order valence-electron chi connectivity index (χ2n) is 3.80. The van der Waals surface area contributed by atoms with E-state index in [9.17, 15) is 4.79 Å². The number of aryl methyl sites for hydroxylation is 2. The zero-order valence-electron chi connectivity index (χ0n) is 9.41. The summed E-state index contributed by atoms with van der Waals surface area (Å²) in [7, 11) is 0. The zero-order valence-corrected chi connectivity index (χ0v) is 10.2. The summed E-state index contributed by atoms with van der Waals surface area (Å²) in [5, 5.41) is 3.51. The van der Waals surface area contributed by atoms with Crippen molar-refractivity contribution in [3.8, 4) is 0 Å². The van der Waals surface area contributed by atoms with E-state index < -0.39 is 0 Å². The van der Waals surface area contributed by atoms with Gasteiger partial charge < -0.3 is 5.32 Å². The number of benzene rings is 1. The van der Waals surface area contributed by atoms with Crippen LogP contribution in [0.1, 0.15) is 17.5 Å². The van der Waals surface area contributed by atoms with E-state index in [0.29, 0.717) is 11.6 Å². The van der Waals surface area contributed by atoms with E-state index in [2.05, 4.69) is 10.3 Å². The van der Waals surface area contributed by atoms with Crippen LogP contribution in [0.25, 0.3) is 0 Å². The molecule has 0 unspecified atom stereocenters. The summed E-state index contributed by atoms with van der Waals surface area (Å²) < 4.78 is 0. The number of rotatable bonds is 1. The van der Waals surface area contributed by atoms with Gasteiger partial charge in [0.15, 0.2) is 5.17 Å². The van der Waals surface area contributed by atoms with Crippen LogP contribution >= 0.6 is 11.8 Å². The molecular weight excluding hydrogens is 220 g/mol. The number of amidine groups is 1. The molecule has 1 aliphatic rings. The molecule has 0 spiro atoms. The van der Waals surface area contributed by atoms with Crippen molar-refractivity contribution in [2.45, 2.75) is 20.3 Å². The maximum absolute atomic E-state index is 11.2. The fourth-order valence-electron chi connectivity index (χ4n) is 1.60. The molecule has 1 aromatic rings. The van der Waals surface area contributed by atoms with Gasteiger partial charge in [-0.3, -0.25) is 4.79 Å². The molecule has 1 amide bonds. The number of hydrogen-bond donors (Lipinski definition) is 1. The molecule has 1 aliphatic heterocycles. The van der Waals surface area contributed by atoms with Crippen molar-refractivity contribution in [3.05, 3.63) is 29.3 Å². The normalized spacial score (nSPS) is 18.6. The van der Waals surface area contributed by atoms with Gasteiger partial charge in [0.2, 0.25) is 5.91 Å². The topological polar surface area (TPSA) is 41.5 Å². The number of carbonyl (C=O) groups excluding carboxylic acids is 1. The van der Waals surface area contributed by atoms with Crippen LogP contribution in [0, 0.1) is 13.8 Å². The fraction of sp³-hybridized carbons (Fsp3) is 0.333. The van der Waals surface area contributed by atoms with Crippen LogP contribution < -0.4 is 5.32 Å². The minimum atomic E-state index is 0.0590. The summed E-state index contributed by atoms with van der Waals surface area (Å²) in [5.74, 6) is 0.874. The number of thioether (sulfide) groups is 1. The lowest BCUT2D eigenvalue weighted by atomic mass is 10.1. The van der Waals surface area contributed by atoms with Crippen LogP contribution in [0.5, 0.6) is 0 Å². The van der Waals surface area contributed by atoms with Gasteiger partial charge in [0.05, 0.1) is 5.69 Å². The number of nitrogens with zero attached hydrogens (tertiary/aromatic N) is 1. The second kappa shape index (κ2) is 4.70. The number of para-hydroxylation sites is 1. The van der Waals surface area contributed by atoms with Crippen molar-refractivity contribution in [1.29, 1.82) is 0 Å². The molecule has 1 saturated heterocycles. The van der Waals surface area contributed by atoms with Crippen molar-refractivity contribution in [1.82, 2.24) is 5.32 Å². The van der Waals surface area contributed by atoms with Crippen molar-refractivity contribution in [2.24, 2.45) is 4.99 Å². The first-order chi connectivity index (χ1) is 7.66. The van der Waals surface area contributed by atoms with E-state index in [1.54, 1.807) is 11.8 Å². The second-order valence-corrected chi connectivity index (χ2v) is 4.89. The van der Waals surface area contributed by atoms with Gasteiger partial charge in [-0.2, -0.15) is 0 Å². The quantitative estimate of drug-likeness (QED) is 0.811. The summed E-state index contributed by atoms with van der Waals surface area (Å²) >= 11 is 1.60. The first kappa shape index (κ1) is 11.2. The molecule has 0 atom stereocenters. The number of amides is 1. The van der Waals surface area contributed by atoms with Gasteiger partial charge in [-0.25, -0.2) is 4.99 Å². The molecule has 84 valence electrons.